The lowest BCUT2D eigenvalue weighted by molar-refractivity contribution is -0.384. The van der Waals surface area contributed by atoms with Gasteiger partial charge in [-0.2, -0.15) is 4.98 Å². The zero-order valence-corrected chi connectivity index (χ0v) is 20.2. The molecule has 198 valence electrons. The molecule has 1 saturated heterocycles. The van der Waals surface area contributed by atoms with Crippen LogP contribution in [0.5, 0.6) is 5.88 Å². The van der Waals surface area contributed by atoms with Gasteiger partial charge in [0.2, 0.25) is 5.88 Å². The average molecular weight is 519 g/mol. The van der Waals surface area contributed by atoms with E-state index < -0.39 is 53.1 Å². The molecule has 3 rings (SSSR count). The average Bonchev–Trinajstić information content (AvgIpc) is 3.13. The molecule has 1 fully saturated rings. The van der Waals surface area contributed by atoms with Crippen molar-refractivity contribution in [1.82, 2.24) is 9.55 Å². The summed E-state index contributed by atoms with van der Waals surface area (Å²) in [4.78, 5) is 61.6. The van der Waals surface area contributed by atoms with Crippen LogP contribution in [-0.4, -0.2) is 63.9 Å². The normalized spacial score (nSPS) is 20.6. The van der Waals surface area contributed by atoms with Gasteiger partial charge in [-0.05, 0) is 5.56 Å². The Morgan fingerprint density at radius 3 is 2.24 bits per heavy atom. The zero-order chi connectivity index (χ0) is 27.1. The number of carbonyl (C=O) groups excluding carboxylic acids is 3. The van der Waals surface area contributed by atoms with Crippen LogP contribution in [-0.2, 0) is 39.8 Å². The summed E-state index contributed by atoms with van der Waals surface area (Å²) in [5.41, 5.74) is -0.0373. The first-order chi connectivity index (χ1) is 17.5. The van der Waals surface area contributed by atoms with Gasteiger partial charge in [-0.3, -0.25) is 29.1 Å². The number of aromatic nitrogens is 2. The number of carbonyl (C=O) groups is 3. The van der Waals surface area contributed by atoms with Crippen molar-refractivity contribution < 1.29 is 43.0 Å². The molecule has 1 aromatic carbocycles. The molecule has 0 bridgehead atoms. The number of ether oxygens (including phenoxy) is 5. The monoisotopic (exact) mass is 519 g/mol. The van der Waals surface area contributed by atoms with E-state index in [1.165, 1.54) is 31.3 Å². The van der Waals surface area contributed by atoms with Gasteiger partial charge in [0, 0.05) is 51.6 Å². The molecule has 0 unspecified atom stereocenters. The second-order valence-electron chi connectivity index (χ2n) is 7.99. The van der Waals surface area contributed by atoms with Gasteiger partial charge in [-0.1, -0.05) is 12.1 Å². The summed E-state index contributed by atoms with van der Waals surface area (Å²) in [6.07, 6.45) is -2.91. The molecule has 14 heteroatoms. The molecule has 0 N–H and O–H groups in total. The summed E-state index contributed by atoms with van der Waals surface area (Å²) in [5.74, 6) is -2.00. The second kappa shape index (κ2) is 12.1. The van der Waals surface area contributed by atoms with Crippen molar-refractivity contribution >= 4 is 23.6 Å². The number of nitro benzene ring substituents is 1. The minimum Gasteiger partial charge on any atom is -0.477 e. The standard InChI is InChI=1S/C23H25N3O11/c1-13(27)34-12-18-20(35-14(2)28)21(36-15(3)29)22(37-18)25-10-8-19(24-23(25)30)33-11-9-16-4-6-17(7-5-16)26(31)32/h4-8,10,18,20-22H,9,11-12H2,1-3H3/t18-,20-,21-,22-/m1/s1. The quantitative estimate of drug-likeness (QED) is 0.189. The highest BCUT2D eigenvalue weighted by Crippen LogP contribution is 2.33. The van der Waals surface area contributed by atoms with E-state index in [1.54, 1.807) is 12.1 Å². The fraction of sp³-hybridized carbons (Fsp3) is 0.435. The van der Waals surface area contributed by atoms with Crippen molar-refractivity contribution in [3.8, 4) is 5.88 Å². The van der Waals surface area contributed by atoms with E-state index in [2.05, 4.69) is 4.98 Å². The van der Waals surface area contributed by atoms with Gasteiger partial charge in [0.05, 0.1) is 11.5 Å². The van der Waals surface area contributed by atoms with Crippen LogP contribution < -0.4 is 10.4 Å². The van der Waals surface area contributed by atoms with Crippen molar-refractivity contribution in [3.63, 3.8) is 0 Å². The number of nitro groups is 1. The predicted octanol–water partition coefficient (Wildman–Crippen LogP) is 1.10. The molecule has 0 radical (unpaired) electrons. The molecular formula is C23H25N3O11. The Morgan fingerprint density at radius 2 is 1.68 bits per heavy atom. The number of esters is 3. The number of rotatable bonds is 10. The molecule has 0 amide bonds. The van der Waals surface area contributed by atoms with Crippen molar-refractivity contribution in [3.05, 3.63) is 62.7 Å². The van der Waals surface area contributed by atoms with Crippen molar-refractivity contribution in [2.75, 3.05) is 13.2 Å². The summed E-state index contributed by atoms with van der Waals surface area (Å²) in [5, 5.41) is 10.7. The number of non-ortho nitro benzene ring substituents is 1. The van der Waals surface area contributed by atoms with E-state index in [0.717, 1.165) is 24.0 Å². The van der Waals surface area contributed by atoms with E-state index in [9.17, 15) is 29.3 Å². The summed E-state index contributed by atoms with van der Waals surface area (Å²) in [6.45, 7) is 3.31. The van der Waals surface area contributed by atoms with Crippen LogP contribution in [0.3, 0.4) is 0 Å². The molecule has 0 saturated carbocycles. The minimum absolute atomic E-state index is 0.0122. The van der Waals surface area contributed by atoms with Crippen LogP contribution >= 0.6 is 0 Å². The van der Waals surface area contributed by atoms with Gasteiger partial charge < -0.3 is 23.7 Å². The SMILES string of the molecule is CC(=O)OC[C@H]1O[C@@H](n2ccc(OCCc3ccc([N+](=O)[O-])cc3)nc2=O)[C@H](OC(C)=O)[C@@H]1OC(C)=O. The maximum Gasteiger partial charge on any atom is 0.353 e. The number of nitrogens with zero attached hydrogens (tertiary/aromatic N) is 3. The van der Waals surface area contributed by atoms with Gasteiger partial charge in [0.15, 0.2) is 18.4 Å². The fourth-order valence-electron chi connectivity index (χ4n) is 3.65. The highest BCUT2D eigenvalue weighted by molar-refractivity contribution is 5.68. The van der Waals surface area contributed by atoms with Crippen molar-refractivity contribution in [2.24, 2.45) is 0 Å². The van der Waals surface area contributed by atoms with Crippen LogP contribution in [0, 0.1) is 10.1 Å². The Bertz CT molecular complexity index is 1210. The summed E-state index contributed by atoms with van der Waals surface area (Å²) < 4.78 is 27.9. The maximum absolute atomic E-state index is 12.8. The Balaban J connectivity index is 1.74. The molecule has 2 heterocycles. The van der Waals surface area contributed by atoms with E-state index in [4.69, 9.17) is 23.7 Å². The highest BCUT2D eigenvalue weighted by Gasteiger charge is 2.50. The lowest BCUT2D eigenvalue weighted by Crippen LogP contribution is -2.41. The molecule has 0 aliphatic carbocycles. The predicted molar refractivity (Wildman–Crippen MR) is 122 cm³/mol. The third kappa shape index (κ3) is 7.33. The minimum atomic E-state index is -1.23. The van der Waals surface area contributed by atoms with Gasteiger partial charge in [0.25, 0.3) is 5.69 Å². The van der Waals surface area contributed by atoms with E-state index >= 15 is 0 Å². The van der Waals surface area contributed by atoms with Crippen LogP contribution in [0.15, 0.2) is 41.3 Å². The van der Waals surface area contributed by atoms with Crippen LogP contribution in [0.4, 0.5) is 5.69 Å². The fourth-order valence-corrected chi connectivity index (χ4v) is 3.65. The zero-order valence-electron chi connectivity index (χ0n) is 20.2. The largest absolute Gasteiger partial charge is 0.477 e. The molecule has 1 aliphatic rings. The van der Waals surface area contributed by atoms with Gasteiger partial charge in [0.1, 0.15) is 12.7 Å². The third-order valence-corrected chi connectivity index (χ3v) is 5.21. The number of benzene rings is 1. The molecule has 37 heavy (non-hydrogen) atoms. The van der Waals surface area contributed by atoms with Crippen molar-refractivity contribution in [1.29, 1.82) is 0 Å². The molecule has 1 aromatic heterocycles. The Hall–Kier alpha value is -4.33. The van der Waals surface area contributed by atoms with Crippen LogP contribution in [0.25, 0.3) is 0 Å². The van der Waals surface area contributed by atoms with Crippen molar-refractivity contribution in [2.45, 2.75) is 51.7 Å². The summed E-state index contributed by atoms with van der Waals surface area (Å²) in [7, 11) is 0. The first-order valence-corrected chi connectivity index (χ1v) is 11.1. The van der Waals surface area contributed by atoms with E-state index in [1.807, 2.05) is 0 Å². The molecule has 14 nitrogen and oxygen atoms in total. The summed E-state index contributed by atoms with van der Waals surface area (Å²) >= 11 is 0. The molecule has 2 aromatic rings. The van der Waals surface area contributed by atoms with Crippen LogP contribution in [0.1, 0.15) is 32.6 Å². The Morgan fingerprint density at radius 1 is 1.03 bits per heavy atom. The molecular weight excluding hydrogens is 494 g/mol. The van der Waals surface area contributed by atoms with Gasteiger partial charge >= 0.3 is 23.6 Å². The lowest BCUT2D eigenvalue weighted by atomic mass is 10.1. The molecule has 4 atom stereocenters. The number of hydrogen-bond donors (Lipinski definition) is 0. The van der Waals surface area contributed by atoms with Gasteiger partial charge in [-0.25, -0.2) is 4.79 Å². The number of hydrogen-bond acceptors (Lipinski definition) is 12. The Labute approximate surface area is 210 Å². The van der Waals surface area contributed by atoms with E-state index in [0.29, 0.717) is 6.42 Å². The second-order valence-corrected chi connectivity index (χ2v) is 7.99. The molecule has 0 spiro atoms. The highest BCUT2D eigenvalue weighted by atomic mass is 16.7. The maximum atomic E-state index is 12.8. The topological polar surface area (TPSA) is 175 Å². The molecule has 1 aliphatic heterocycles. The smallest absolute Gasteiger partial charge is 0.353 e. The third-order valence-electron chi connectivity index (χ3n) is 5.21. The van der Waals surface area contributed by atoms with Gasteiger partial charge in [-0.15, -0.1) is 0 Å². The Kier molecular flexibility index (Phi) is 8.90. The van der Waals surface area contributed by atoms with E-state index in [-0.39, 0.29) is 24.8 Å². The first kappa shape index (κ1) is 27.3. The lowest BCUT2D eigenvalue weighted by Gasteiger charge is -2.23. The first-order valence-electron chi connectivity index (χ1n) is 11.1. The summed E-state index contributed by atoms with van der Waals surface area (Å²) in [6, 6.07) is 7.36. The van der Waals surface area contributed by atoms with Crippen LogP contribution in [0.2, 0.25) is 0 Å².